The van der Waals surface area contributed by atoms with Gasteiger partial charge in [0.15, 0.2) is 0 Å². The maximum Gasteiger partial charge on any atom is 0.236 e. The van der Waals surface area contributed by atoms with E-state index in [1.165, 1.54) is 18.4 Å². The molecule has 2 saturated heterocycles. The molecule has 0 aliphatic carbocycles. The molecular weight excluding hydrogens is 360 g/mol. The minimum Gasteiger partial charge on any atom is -0.342 e. The van der Waals surface area contributed by atoms with Gasteiger partial charge in [0.1, 0.15) is 5.82 Å². The van der Waals surface area contributed by atoms with Crippen LogP contribution in [-0.4, -0.2) is 58.0 Å². The zero-order chi connectivity index (χ0) is 20.1. The molecule has 156 valence electrons. The molecule has 4 rings (SSSR count). The van der Waals surface area contributed by atoms with Crippen molar-refractivity contribution in [3.05, 3.63) is 54.1 Å². The van der Waals surface area contributed by atoms with Gasteiger partial charge in [-0.1, -0.05) is 30.3 Å². The number of rotatable bonds is 6. The van der Waals surface area contributed by atoms with E-state index in [1.807, 2.05) is 6.20 Å². The molecule has 0 bridgehead atoms. The van der Waals surface area contributed by atoms with Crippen LogP contribution in [0, 0.1) is 18.8 Å². The number of carbonyl (C=O) groups excluding carboxylic acids is 1. The Labute approximate surface area is 174 Å². The van der Waals surface area contributed by atoms with Crippen LogP contribution < -0.4 is 0 Å². The van der Waals surface area contributed by atoms with Crippen LogP contribution in [0.15, 0.2) is 42.7 Å². The van der Waals surface area contributed by atoms with Crippen LogP contribution in [0.2, 0.25) is 0 Å². The number of benzene rings is 1. The second-order valence-corrected chi connectivity index (χ2v) is 8.86. The summed E-state index contributed by atoms with van der Waals surface area (Å²) in [5.41, 5.74) is 1.42. The van der Waals surface area contributed by atoms with Crippen LogP contribution in [0.25, 0.3) is 0 Å². The molecule has 0 saturated carbocycles. The molecule has 3 heterocycles. The zero-order valence-electron chi connectivity index (χ0n) is 17.7. The first kappa shape index (κ1) is 20.1. The van der Waals surface area contributed by atoms with E-state index in [0.29, 0.717) is 24.3 Å². The molecule has 0 atom stereocenters. The number of aromatic nitrogens is 2. The van der Waals surface area contributed by atoms with Crippen LogP contribution >= 0.6 is 0 Å². The molecule has 5 nitrogen and oxygen atoms in total. The summed E-state index contributed by atoms with van der Waals surface area (Å²) in [7, 11) is 0. The quantitative estimate of drug-likeness (QED) is 0.754. The number of hydrogen-bond acceptors (Lipinski definition) is 3. The topological polar surface area (TPSA) is 41.4 Å². The SMILES string of the molecule is Cc1nccn1CC1CCN(CC(=O)N2CCC(Cc3ccccc3)CC2)CC1. The van der Waals surface area contributed by atoms with E-state index in [2.05, 4.69) is 62.8 Å². The van der Waals surface area contributed by atoms with Gasteiger partial charge < -0.3 is 9.47 Å². The Kier molecular flexibility index (Phi) is 6.65. The first-order chi connectivity index (χ1) is 14.2. The summed E-state index contributed by atoms with van der Waals surface area (Å²) in [5.74, 6) is 2.83. The summed E-state index contributed by atoms with van der Waals surface area (Å²) >= 11 is 0. The first-order valence-electron chi connectivity index (χ1n) is 11.2. The molecule has 0 spiro atoms. The number of carbonyl (C=O) groups is 1. The predicted molar refractivity (Wildman–Crippen MR) is 116 cm³/mol. The van der Waals surface area contributed by atoms with Gasteiger partial charge in [0.25, 0.3) is 0 Å². The number of nitrogens with zero attached hydrogens (tertiary/aromatic N) is 4. The van der Waals surface area contributed by atoms with Gasteiger partial charge in [-0.2, -0.15) is 0 Å². The van der Waals surface area contributed by atoms with Crippen LogP contribution in [-0.2, 0) is 17.8 Å². The average molecular weight is 395 g/mol. The fourth-order valence-corrected chi connectivity index (χ4v) is 4.83. The third kappa shape index (κ3) is 5.47. The van der Waals surface area contributed by atoms with Gasteiger partial charge in [-0.15, -0.1) is 0 Å². The molecule has 2 aromatic rings. The maximum absolute atomic E-state index is 12.8. The summed E-state index contributed by atoms with van der Waals surface area (Å²) in [5, 5.41) is 0. The number of hydrogen-bond donors (Lipinski definition) is 0. The maximum atomic E-state index is 12.8. The monoisotopic (exact) mass is 394 g/mol. The highest BCUT2D eigenvalue weighted by Gasteiger charge is 2.26. The number of likely N-dealkylation sites (tertiary alicyclic amines) is 2. The van der Waals surface area contributed by atoms with Crippen molar-refractivity contribution < 1.29 is 4.79 Å². The summed E-state index contributed by atoms with van der Waals surface area (Å²) in [6.07, 6.45) is 9.71. The first-order valence-corrected chi connectivity index (χ1v) is 11.2. The Hall–Kier alpha value is -2.14. The number of imidazole rings is 1. The molecule has 29 heavy (non-hydrogen) atoms. The molecular formula is C24H34N4O. The highest BCUT2D eigenvalue weighted by atomic mass is 16.2. The molecule has 5 heteroatoms. The van der Waals surface area contributed by atoms with Crippen molar-refractivity contribution >= 4 is 5.91 Å². The molecule has 1 aromatic carbocycles. The van der Waals surface area contributed by atoms with E-state index < -0.39 is 0 Å². The fraction of sp³-hybridized carbons (Fsp3) is 0.583. The summed E-state index contributed by atoms with van der Waals surface area (Å²) in [4.78, 5) is 21.6. The van der Waals surface area contributed by atoms with Crippen molar-refractivity contribution in [2.75, 3.05) is 32.7 Å². The molecule has 2 aliphatic rings. The summed E-state index contributed by atoms with van der Waals surface area (Å²) < 4.78 is 2.26. The molecule has 0 unspecified atom stereocenters. The highest BCUT2D eigenvalue weighted by molar-refractivity contribution is 5.78. The van der Waals surface area contributed by atoms with Crippen molar-refractivity contribution in [2.45, 2.75) is 45.6 Å². The van der Waals surface area contributed by atoms with E-state index in [4.69, 9.17) is 0 Å². The summed E-state index contributed by atoms with van der Waals surface area (Å²) in [6, 6.07) is 10.7. The van der Waals surface area contributed by atoms with Crippen molar-refractivity contribution in [3.63, 3.8) is 0 Å². The average Bonchev–Trinajstić information content (AvgIpc) is 3.15. The van der Waals surface area contributed by atoms with Crippen molar-refractivity contribution in [2.24, 2.45) is 11.8 Å². The van der Waals surface area contributed by atoms with E-state index in [9.17, 15) is 4.79 Å². The van der Waals surface area contributed by atoms with Crippen molar-refractivity contribution in [1.82, 2.24) is 19.4 Å². The molecule has 0 radical (unpaired) electrons. The van der Waals surface area contributed by atoms with Crippen LogP contribution in [0.4, 0.5) is 0 Å². The lowest BCUT2D eigenvalue weighted by atomic mass is 9.90. The van der Waals surface area contributed by atoms with Gasteiger partial charge in [0.2, 0.25) is 5.91 Å². The molecule has 1 amide bonds. The predicted octanol–water partition coefficient (Wildman–Crippen LogP) is 3.38. The molecule has 2 aliphatic heterocycles. The zero-order valence-corrected chi connectivity index (χ0v) is 17.7. The smallest absolute Gasteiger partial charge is 0.236 e. The van der Waals surface area contributed by atoms with Crippen LogP contribution in [0.1, 0.15) is 37.1 Å². The van der Waals surface area contributed by atoms with E-state index in [1.54, 1.807) is 0 Å². The van der Waals surface area contributed by atoms with Crippen molar-refractivity contribution in [1.29, 1.82) is 0 Å². The van der Waals surface area contributed by atoms with Gasteiger partial charge in [-0.05, 0) is 69.5 Å². The third-order valence-electron chi connectivity index (χ3n) is 6.78. The fourth-order valence-electron chi connectivity index (χ4n) is 4.83. The van der Waals surface area contributed by atoms with Gasteiger partial charge >= 0.3 is 0 Å². The highest BCUT2D eigenvalue weighted by Crippen LogP contribution is 2.23. The van der Waals surface area contributed by atoms with Crippen LogP contribution in [0.3, 0.4) is 0 Å². The lowest BCUT2D eigenvalue weighted by Crippen LogP contribution is -2.46. The number of piperidine rings is 2. The molecule has 2 fully saturated rings. The second-order valence-electron chi connectivity index (χ2n) is 8.86. The standard InChI is InChI=1S/C24H34N4O/c1-20-25-11-16-28(20)18-23-7-12-26(13-8-23)19-24(29)27-14-9-22(10-15-27)17-21-5-3-2-4-6-21/h2-6,11,16,22-23H,7-10,12-15,17-19H2,1H3. The van der Waals surface area contributed by atoms with Gasteiger partial charge in [0, 0.05) is 32.0 Å². The lowest BCUT2D eigenvalue weighted by molar-refractivity contribution is -0.134. The summed E-state index contributed by atoms with van der Waals surface area (Å²) in [6.45, 7) is 7.64. The Morgan fingerprint density at radius 1 is 1.00 bits per heavy atom. The van der Waals surface area contributed by atoms with E-state index in [0.717, 1.165) is 57.8 Å². The minimum absolute atomic E-state index is 0.326. The Morgan fingerprint density at radius 3 is 2.34 bits per heavy atom. The minimum atomic E-state index is 0.326. The Bertz CT molecular complexity index is 771. The number of aryl methyl sites for hydroxylation is 1. The largest absolute Gasteiger partial charge is 0.342 e. The van der Waals surface area contributed by atoms with E-state index in [-0.39, 0.29) is 0 Å². The van der Waals surface area contributed by atoms with Gasteiger partial charge in [-0.25, -0.2) is 4.98 Å². The third-order valence-corrected chi connectivity index (χ3v) is 6.78. The van der Waals surface area contributed by atoms with Gasteiger partial charge in [-0.3, -0.25) is 9.69 Å². The van der Waals surface area contributed by atoms with Crippen LogP contribution in [0.5, 0.6) is 0 Å². The lowest BCUT2D eigenvalue weighted by Gasteiger charge is -2.36. The number of amides is 1. The molecule has 1 aromatic heterocycles. The second kappa shape index (κ2) is 9.57. The Balaban J connectivity index is 1.16. The van der Waals surface area contributed by atoms with Crippen molar-refractivity contribution in [3.8, 4) is 0 Å². The van der Waals surface area contributed by atoms with Gasteiger partial charge in [0.05, 0.1) is 6.54 Å². The normalized spacial score (nSPS) is 19.6. The Morgan fingerprint density at radius 2 is 1.69 bits per heavy atom. The molecule has 0 N–H and O–H groups in total. The van der Waals surface area contributed by atoms with E-state index >= 15 is 0 Å².